The van der Waals surface area contributed by atoms with E-state index in [9.17, 15) is 0 Å². The molecule has 0 radical (unpaired) electrons. The van der Waals surface area contributed by atoms with Crippen LogP contribution in [0.3, 0.4) is 0 Å². The van der Waals surface area contributed by atoms with Gasteiger partial charge in [0.25, 0.3) is 5.89 Å². The maximum Gasteiger partial charge on any atom is 0.258 e. The highest BCUT2D eigenvalue weighted by atomic mass is 16.5. The van der Waals surface area contributed by atoms with Crippen molar-refractivity contribution in [2.45, 2.75) is 33.4 Å². The van der Waals surface area contributed by atoms with Gasteiger partial charge in [-0.2, -0.15) is 4.98 Å². The van der Waals surface area contributed by atoms with Gasteiger partial charge < -0.3 is 14.8 Å². The van der Waals surface area contributed by atoms with E-state index < -0.39 is 0 Å². The van der Waals surface area contributed by atoms with Crippen molar-refractivity contribution < 1.29 is 4.52 Å². The van der Waals surface area contributed by atoms with Crippen molar-refractivity contribution in [2.75, 3.05) is 0 Å². The summed E-state index contributed by atoms with van der Waals surface area (Å²) in [5.74, 6) is 1.13. The smallest absolute Gasteiger partial charge is 0.258 e. The normalized spacial score (nSPS) is 11.6. The minimum Gasteiger partial charge on any atom is -0.345 e. The minimum atomic E-state index is 0.424. The number of rotatable bonds is 4. The van der Waals surface area contributed by atoms with Crippen LogP contribution in [-0.2, 0) is 6.54 Å². The fraction of sp³-hybridized carbons (Fsp3) is 0.238. The van der Waals surface area contributed by atoms with Gasteiger partial charge in [0.2, 0.25) is 5.82 Å². The second-order valence-electron chi connectivity index (χ2n) is 6.87. The molecule has 0 fully saturated rings. The van der Waals surface area contributed by atoms with Crippen LogP contribution in [0, 0.1) is 6.92 Å². The zero-order valence-electron chi connectivity index (χ0n) is 15.2. The number of aryl methyl sites for hydroxylation is 1. The summed E-state index contributed by atoms with van der Waals surface area (Å²) < 4.78 is 7.78. The third kappa shape index (κ3) is 2.80. The Labute approximate surface area is 152 Å². The molecule has 26 heavy (non-hydrogen) atoms. The van der Waals surface area contributed by atoms with Gasteiger partial charge in [0.1, 0.15) is 0 Å². The Hall–Kier alpha value is -2.92. The lowest BCUT2D eigenvalue weighted by Crippen LogP contribution is -1.97. The molecule has 0 aliphatic carbocycles. The number of hydrogen-bond donors (Lipinski definition) is 1. The summed E-state index contributed by atoms with van der Waals surface area (Å²) >= 11 is 0. The van der Waals surface area contributed by atoms with E-state index in [1.165, 1.54) is 10.9 Å². The topological polar surface area (TPSA) is 69.9 Å². The molecule has 4 aromatic rings. The average molecular weight is 346 g/mol. The molecule has 2 aromatic heterocycles. The molecule has 132 valence electrons. The summed E-state index contributed by atoms with van der Waals surface area (Å²) in [5, 5.41) is 5.34. The Morgan fingerprint density at radius 2 is 1.96 bits per heavy atom. The van der Waals surface area contributed by atoms with Crippen LogP contribution in [0.2, 0.25) is 0 Å². The summed E-state index contributed by atoms with van der Waals surface area (Å²) in [5.41, 5.74) is 11.0. The molecule has 0 saturated heterocycles. The standard InChI is InChI=1S/C21H22N4O/c1-13(2)25-9-8-16-11-17(5-7-19(16)25)21-23-20(24-26-21)18-6-4-15(12-22)10-14(18)3/h4-11,13H,12,22H2,1-3H3. The van der Waals surface area contributed by atoms with Crippen LogP contribution in [0.15, 0.2) is 53.2 Å². The fourth-order valence-electron chi connectivity index (χ4n) is 3.30. The highest BCUT2D eigenvalue weighted by Crippen LogP contribution is 2.28. The van der Waals surface area contributed by atoms with Gasteiger partial charge in [-0.05, 0) is 56.2 Å². The van der Waals surface area contributed by atoms with E-state index in [4.69, 9.17) is 10.3 Å². The van der Waals surface area contributed by atoms with Gasteiger partial charge in [-0.15, -0.1) is 0 Å². The molecule has 2 N–H and O–H groups in total. The average Bonchev–Trinajstić information content (AvgIpc) is 3.28. The number of nitrogens with two attached hydrogens (primary N) is 1. The van der Waals surface area contributed by atoms with E-state index in [2.05, 4.69) is 59.0 Å². The van der Waals surface area contributed by atoms with Gasteiger partial charge in [-0.1, -0.05) is 23.4 Å². The predicted octanol–water partition coefficient (Wildman–Crippen LogP) is 4.71. The van der Waals surface area contributed by atoms with Crippen LogP contribution < -0.4 is 5.73 Å². The predicted molar refractivity (Wildman–Crippen MR) is 104 cm³/mol. The van der Waals surface area contributed by atoms with Crippen LogP contribution in [0.5, 0.6) is 0 Å². The van der Waals surface area contributed by atoms with Gasteiger partial charge in [0.15, 0.2) is 0 Å². The minimum absolute atomic E-state index is 0.424. The van der Waals surface area contributed by atoms with Crippen molar-refractivity contribution in [3.8, 4) is 22.8 Å². The number of hydrogen-bond acceptors (Lipinski definition) is 4. The molecular formula is C21H22N4O. The Bertz CT molecular complexity index is 1070. The van der Waals surface area contributed by atoms with Crippen molar-refractivity contribution in [1.82, 2.24) is 14.7 Å². The number of nitrogens with zero attached hydrogens (tertiary/aromatic N) is 3. The summed E-state index contributed by atoms with van der Waals surface area (Å²) in [4.78, 5) is 4.60. The first kappa shape index (κ1) is 16.5. The number of fused-ring (bicyclic) bond motifs is 1. The molecule has 0 atom stereocenters. The lowest BCUT2D eigenvalue weighted by atomic mass is 10.0. The second kappa shape index (κ2) is 6.42. The monoisotopic (exact) mass is 346 g/mol. The van der Waals surface area contributed by atoms with Gasteiger partial charge in [0, 0.05) is 40.8 Å². The molecule has 4 rings (SSSR count). The Morgan fingerprint density at radius 3 is 2.69 bits per heavy atom. The van der Waals surface area contributed by atoms with Crippen molar-refractivity contribution >= 4 is 10.9 Å². The van der Waals surface area contributed by atoms with E-state index in [-0.39, 0.29) is 0 Å². The van der Waals surface area contributed by atoms with Crippen LogP contribution in [0.25, 0.3) is 33.7 Å². The first-order valence-corrected chi connectivity index (χ1v) is 8.81. The Kier molecular flexibility index (Phi) is 4.09. The summed E-state index contributed by atoms with van der Waals surface area (Å²) in [6.45, 7) is 6.91. The quantitative estimate of drug-likeness (QED) is 0.581. The van der Waals surface area contributed by atoms with Crippen LogP contribution in [0.1, 0.15) is 31.0 Å². The van der Waals surface area contributed by atoms with Gasteiger partial charge in [0.05, 0.1) is 0 Å². The lowest BCUT2D eigenvalue weighted by molar-refractivity contribution is 0.432. The van der Waals surface area contributed by atoms with E-state index >= 15 is 0 Å². The molecule has 5 nitrogen and oxygen atoms in total. The third-order valence-electron chi connectivity index (χ3n) is 4.72. The van der Waals surface area contributed by atoms with Crippen LogP contribution >= 0.6 is 0 Å². The molecular weight excluding hydrogens is 324 g/mol. The largest absolute Gasteiger partial charge is 0.345 e. The molecule has 5 heteroatoms. The van der Waals surface area contributed by atoms with Crippen LogP contribution in [0.4, 0.5) is 0 Å². The zero-order valence-corrected chi connectivity index (χ0v) is 15.2. The van der Waals surface area contributed by atoms with Gasteiger partial charge in [-0.25, -0.2) is 0 Å². The molecule has 0 saturated carbocycles. The number of benzene rings is 2. The molecule has 0 amide bonds. The molecule has 2 aromatic carbocycles. The highest BCUT2D eigenvalue weighted by molar-refractivity contribution is 5.84. The molecule has 0 aliphatic heterocycles. The van der Waals surface area contributed by atoms with E-state index in [0.29, 0.717) is 24.3 Å². The SMILES string of the molecule is Cc1cc(CN)ccc1-c1noc(-c2ccc3c(ccn3C(C)C)c2)n1. The molecule has 2 heterocycles. The number of aromatic nitrogens is 3. The molecule has 0 spiro atoms. The first-order valence-electron chi connectivity index (χ1n) is 8.81. The maximum absolute atomic E-state index is 5.70. The van der Waals surface area contributed by atoms with Crippen molar-refractivity contribution in [1.29, 1.82) is 0 Å². The summed E-state index contributed by atoms with van der Waals surface area (Å²) in [6.07, 6.45) is 2.11. The molecule has 0 aliphatic rings. The van der Waals surface area contributed by atoms with Crippen LogP contribution in [-0.4, -0.2) is 14.7 Å². The lowest BCUT2D eigenvalue weighted by Gasteiger charge is -2.09. The van der Waals surface area contributed by atoms with E-state index in [0.717, 1.165) is 22.3 Å². The molecule has 0 bridgehead atoms. The maximum atomic E-state index is 5.70. The zero-order chi connectivity index (χ0) is 18.3. The van der Waals surface area contributed by atoms with Crippen molar-refractivity contribution in [3.05, 3.63) is 59.8 Å². The summed E-state index contributed by atoms with van der Waals surface area (Å²) in [6, 6.07) is 14.8. The summed E-state index contributed by atoms with van der Waals surface area (Å²) in [7, 11) is 0. The van der Waals surface area contributed by atoms with Gasteiger partial charge >= 0.3 is 0 Å². The van der Waals surface area contributed by atoms with Crippen molar-refractivity contribution in [2.24, 2.45) is 5.73 Å². The first-order chi connectivity index (χ1) is 12.6. The highest BCUT2D eigenvalue weighted by Gasteiger charge is 2.14. The Balaban J connectivity index is 1.71. The van der Waals surface area contributed by atoms with E-state index in [1.54, 1.807) is 0 Å². The van der Waals surface area contributed by atoms with E-state index in [1.807, 2.05) is 25.1 Å². The Morgan fingerprint density at radius 1 is 1.12 bits per heavy atom. The molecule has 0 unspecified atom stereocenters. The van der Waals surface area contributed by atoms with Gasteiger partial charge in [-0.3, -0.25) is 0 Å². The van der Waals surface area contributed by atoms with Crippen molar-refractivity contribution in [3.63, 3.8) is 0 Å². The third-order valence-corrected chi connectivity index (χ3v) is 4.72. The second-order valence-corrected chi connectivity index (χ2v) is 6.87. The fourth-order valence-corrected chi connectivity index (χ4v) is 3.30.